The minimum Gasteiger partial charge on any atom is -0.483 e. The first kappa shape index (κ1) is 29.7. The Hall–Kier alpha value is -2.83. The van der Waals surface area contributed by atoms with Crippen LogP contribution in [0.25, 0.3) is 0 Å². The summed E-state index contributed by atoms with van der Waals surface area (Å²) in [5.41, 5.74) is 2.49. The van der Waals surface area contributed by atoms with Crippen molar-refractivity contribution in [2.75, 3.05) is 6.61 Å². The molecule has 0 bridgehead atoms. The van der Waals surface area contributed by atoms with Gasteiger partial charge in [0.1, 0.15) is 11.8 Å². The van der Waals surface area contributed by atoms with Crippen LogP contribution in [-0.4, -0.2) is 34.9 Å². The molecule has 0 spiro atoms. The first-order valence-electron chi connectivity index (χ1n) is 12.7. The molecule has 0 saturated heterocycles. The highest BCUT2D eigenvalue weighted by atomic mass is 79.9. The lowest BCUT2D eigenvalue weighted by Crippen LogP contribution is -2.55. The molecule has 3 rings (SSSR count). The van der Waals surface area contributed by atoms with Crippen LogP contribution < -0.4 is 10.1 Å². The quantitative estimate of drug-likeness (QED) is 0.269. The average molecular weight is 600 g/mol. The van der Waals surface area contributed by atoms with Gasteiger partial charge in [-0.1, -0.05) is 74.0 Å². The monoisotopic (exact) mass is 598 g/mol. The van der Waals surface area contributed by atoms with E-state index in [4.69, 9.17) is 16.3 Å². The van der Waals surface area contributed by atoms with E-state index in [2.05, 4.69) is 35.1 Å². The molecule has 0 unspecified atom stereocenters. The number of nitrogens with zero attached hydrogens (tertiary/aromatic N) is 1. The number of nitrogens with one attached hydrogen (secondary N) is 1. The molecule has 202 valence electrons. The number of halogens is 2. The molecule has 0 aromatic heterocycles. The predicted octanol–water partition coefficient (Wildman–Crippen LogP) is 7.16. The molecule has 2 amide bonds. The molecule has 0 heterocycles. The Balaban J connectivity index is 1.93. The molecule has 1 atom stereocenters. The van der Waals surface area contributed by atoms with Crippen LogP contribution in [0.15, 0.2) is 77.3 Å². The van der Waals surface area contributed by atoms with Gasteiger partial charge in [0.15, 0.2) is 6.61 Å². The zero-order valence-electron chi connectivity index (χ0n) is 22.6. The molecular formula is C31H36BrClN2O3. The van der Waals surface area contributed by atoms with Gasteiger partial charge in [-0.05, 0) is 83.6 Å². The van der Waals surface area contributed by atoms with Gasteiger partial charge in [0, 0.05) is 23.5 Å². The largest absolute Gasteiger partial charge is 0.483 e. The molecule has 0 aliphatic carbocycles. The van der Waals surface area contributed by atoms with E-state index >= 15 is 0 Å². The van der Waals surface area contributed by atoms with Crippen LogP contribution in [0.4, 0.5) is 0 Å². The second-order valence-corrected chi connectivity index (χ2v) is 12.0. The Labute approximate surface area is 239 Å². The van der Waals surface area contributed by atoms with E-state index in [1.807, 2.05) is 87.5 Å². The molecule has 3 aromatic carbocycles. The number of amides is 2. The fraction of sp³-hybridized carbons (Fsp3) is 0.355. The number of carbonyl (C=O) groups excluding carboxylic acids is 2. The van der Waals surface area contributed by atoms with Crippen molar-refractivity contribution >= 4 is 39.3 Å². The first-order chi connectivity index (χ1) is 17.9. The highest BCUT2D eigenvalue weighted by Crippen LogP contribution is 2.29. The maximum absolute atomic E-state index is 13.8. The zero-order valence-corrected chi connectivity index (χ0v) is 25.0. The van der Waals surface area contributed by atoms with Crippen LogP contribution in [-0.2, 0) is 22.6 Å². The molecule has 1 N–H and O–H groups in total. The second-order valence-electron chi connectivity index (χ2n) is 10.7. The number of hydrogen-bond donors (Lipinski definition) is 1. The van der Waals surface area contributed by atoms with Gasteiger partial charge in [0.05, 0.1) is 4.47 Å². The number of benzene rings is 3. The van der Waals surface area contributed by atoms with Crippen LogP contribution in [0.3, 0.4) is 0 Å². The number of rotatable bonds is 10. The Morgan fingerprint density at radius 2 is 1.66 bits per heavy atom. The van der Waals surface area contributed by atoms with Gasteiger partial charge in [0.25, 0.3) is 5.91 Å². The van der Waals surface area contributed by atoms with E-state index in [0.29, 0.717) is 23.1 Å². The molecule has 7 heteroatoms. The van der Waals surface area contributed by atoms with Crippen LogP contribution in [0.1, 0.15) is 57.2 Å². The maximum Gasteiger partial charge on any atom is 0.261 e. The van der Waals surface area contributed by atoms with E-state index < -0.39 is 11.6 Å². The van der Waals surface area contributed by atoms with Gasteiger partial charge >= 0.3 is 0 Å². The van der Waals surface area contributed by atoms with Gasteiger partial charge in [-0.15, -0.1) is 0 Å². The minimum absolute atomic E-state index is 0.214. The van der Waals surface area contributed by atoms with Crippen LogP contribution >= 0.6 is 27.5 Å². The Morgan fingerprint density at radius 3 is 2.26 bits per heavy atom. The summed E-state index contributed by atoms with van der Waals surface area (Å²) in [5, 5.41) is 3.63. The van der Waals surface area contributed by atoms with E-state index in [1.54, 1.807) is 11.0 Å². The van der Waals surface area contributed by atoms with Crippen molar-refractivity contribution in [3.63, 3.8) is 0 Å². The topological polar surface area (TPSA) is 58.6 Å². The highest BCUT2D eigenvalue weighted by molar-refractivity contribution is 9.10. The fourth-order valence-corrected chi connectivity index (χ4v) is 4.78. The smallest absolute Gasteiger partial charge is 0.261 e. The van der Waals surface area contributed by atoms with Crippen molar-refractivity contribution < 1.29 is 14.3 Å². The van der Waals surface area contributed by atoms with Crippen LogP contribution in [0.2, 0.25) is 5.02 Å². The van der Waals surface area contributed by atoms with Gasteiger partial charge in [0.2, 0.25) is 5.91 Å². The van der Waals surface area contributed by atoms with Crippen molar-refractivity contribution in [3.05, 3.63) is 99.0 Å². The third-order valence-electron chi connectivity index (χ3n) is 5.98. The summed E-state index contributed by atoms with van der Waals surface area (Å²) >= 11 is 9.81. The number of hydrogen-bond acceptors (Lipinski definition) is 3. The third-order valence-corrected chi connectivity index (χ3v) is 6.84. The lowest BCUT2D eigenvalue weighted by molar-refractivity contribution is -0.143. The molecule has 0 saturated carbocycles. The average Bonchev–Trinajstić information content (AvgIpc) is 2.84. The van der Waals surface area contributed by atoms with Gasteiger partial charge in [-0.25, -0.2) is 0 Å². The molecule has 0 fully saturated rings. The van der Waals surface area contributed by atoms with Crippen molar-refractivity contribution in [1.29, 1.82) is 0 Å². The lowest BCUT2D eigenvalue weighted by Gasteiger charge is -2.33. The van der Waals surface area contributed by atoms with Gasteiger partial charge in [-0.2, -0.15) is 0 Å². The number of carbonyl (C=O) groups is 2. The van der Waals surface area contributed by atoms with Crippen molar-refractivity contribution in [2.45, 2.75) is 65.1 Å². The second kappa shape index (κ2) is 13.3. The van der Waals surface area contributed by atoms with Crippen molar-refractivity contribution in [2.24, 2.45) is 0 Å². The Bertz CT molecular complexity index is 1240. The van der Waals surface area contributed by atoms with E-state index in [9.17, 15) is 9.59 Å². The summed E-state index contributed by atoms with van der Waals surface area (Å²) in [4.78, 5) is 29.0. The minimum atomic E-state index is -0.751. The van der Waals surface area contributed by atoms with Crippen LogP contribution in [0, 0.1) is 0 Å². The van der Waals surface area contributed by atoms with Gasteiger partial charge in [-0.3, -0.25) is 9.59 Å². The summed E-state index contributed by atoms with van der Waals surface area (Å²) in [6.07, 6.45) is 0.363. The summed E-state index contributed by atoms with van der Waals surface area (Å²) in [7, 11) is 0. The summed E-state index contributed by atoms with van der Waals surface area (Å²) in [6, 6.07) is 22.2. The standard InChI is InChI=1S/C31H36BrClN2O3/c1-21(2)24-14-15-28(26(32)18-24)38-20-29(36)35(19-23-12-9-13-25(33)16-23)27(30(37)34-31(3,4)5)17-22-10-7-6-8-11-22/h6-16,18,21,27H,17,19-20H2,1-5H3,(H,34,37)/t27-/m0/s1. The lowest BCUT2D eigenvalue weighted by atomic mass is 10.0. The van der Waals surface area contributed by atoms with E-state index in [-0.39, 0.29) is 25.0 Å². The zero-order chi connectivity index (χ0) is 27.9. The normalized spacial score (nSPS) is 12.2. The molecular weight excluding hydrogens is 564 g/mol. The fourth-order valence-electron chi connectivity index (χ4n) is 4.05. The number of ether oxygens (including phenoxy) is 1. The predicted molar refractivity (Wildman–Crippen MR) is 158 cm³/mol. The molecule has 3 aromatic rings. The highest BCUT2D eigenvalue weighted by Gasteiger charge is 2.32. The van der Waals surface area contributed by atoms with Crippen molar-refractivity contribution in [3.8, 4) is 5.75 Å². The molecule has 0 aliphatic heterocycles. The summed E-state index contributed by atoms with van der Waals surface area (Å²) in [5.74, 6) is 0.424. The molecule has 5 nitrogen and oxygen atoms in total. The Kier molecular flexibility index (Phi) is 10.4. The van der Waals surface area contributed by atoms with Crippen molar-refractivity contribution in [1.82, 2.24) is 10.2 Å². The molecule has 0 aliphatic rings. The van der Waals surface area contributed by atoms with E-state index in [1.165, 1.54) is 5.56 Å². The Morgan fingerprint density at radius 1 is 0.974 bits per heavy atom. The third kappa shape index (κ3) is 8.88. The molecule has 38 heavy (non-hydrogen) atoms. The molecule has 0 radical (unpaired) electrons. The van der Waals surface area contributed by atoms with E-state index in [0.717, 1.165) is 15.6 Å². The maximum atomic E-state index is 13.8. The van der Waals surface area contributed by atoms with Gasteiger partial charge < -0.3 is 15.0 Å². The van der Waals surface area contributed by atoms with Crippen LogP contribution in [0.5, 0.6) is 5.75 Å². The first-order valence-corrected chi connectivity index (χ1v) is 13.9. The summed E-state index contributed by atoms with van der Waals surface area (Å²) < 4.78 is 6.74. The SMILES string of the molecule is CC(C)c1ccc(OCC(=O)N(Cc2cccc(Cl)c2)[C@@H](Cc2ccccc2)C(=O)NC(C)(C)C)c(Br)c1. The summed E-state index contributed by atoms with van der Waals surface area (Å²) in [6.45, 7) is 10.0.